The lowest BCUT2D eigenvalue weighted by Crippen LogP contribution is -2.27. The Labute approximate surface area is 136 Å². The van der Waals surface area contributed by atoms with Crippen LogP contribution in [0.1, 0.15) is 27.2 Å². The van der Waals surface area contributed by atoms with Gasteiger partial charge < -0.3 is 4.90 Å². The zero-order valence-corrected chi connectivity index (χ0v) is 13.7. The number of benzene rings is 2. The summed E-state index contributed by atoms with van der Waals surface area (Å²) in [7, 11) is 1.82. The number of hydrogen-bond donors (Lipinski definition) is 0. The number of aryl methyl sites for hydroxylation is 2. The standard InChI is InChI=1S/C20H20N2O/c1-14-8-9-17(15(2)12-14)13-22(3)20(23)19-11-10-16-6-4-5-7-18(16)21-19/h4-12H,13H2,1-3H3. The van der Waals surface area contributed by atoms with Gasteiger partial charge in [0.15, 0.2) is 0 Å². The number of para-hydroxylation sites is 1. The van der Waals surface area contributed by atoms with Crippen LogP contribution in [0.15, 0.2) is 54.6 Å². The van der Waals surface area contributed by atoms with Crippen molar-refractivity contribution in [1.29, 1.82) is 0 Å². The maximum atomic E-state index is 12.6. The van der Waals surface area contributed by atoms with Crippen LogP contribution in [-0.2, 0) is 6.54 Å². The van der Waals surface area contributed by atoms with Crippen LogP contribution in [0.3, 0.4) is 0 Å². The van der Waals surface area contributed by atoms with Gasteiger partial charge in [-0.05, 0) is 37.1 Å². The van der Waals surface area contributed by atoms with Gasteiger partial charge in [0.25, 0.3) is 5.91 Å². The van der Waals surface area contributed by atoms with Crippen molar-refractivity contribution in [3.63, 3.8) is 0 Å². The number of rotatable bonds is 3. The molecule has 3 heteroatoms. The molecule has 1 heterocycles. The third-order valence-corrected chi connectivity index (χ3v) is 4.07. The van der Waals surface area contributed by atoms with E-state index in [-0.39, 0.29) is 5.91 Å². The van der Waals surface area contributed by atoms with E-state index in [2.05, 4.69) is 37.0 Å². The van der Waals surface area contributed by atoms with Crippen molar-refractivity contribution in [3.8, 4) is 0 Å². The molecule has 1 amide bonds. The topological polar surface area (TPSA) is 33.2 Å². The summed E-state index contributed by atoms with van der Waals surface area (Å²) >= 11 is 0. The predicted octanol–water partition coefficient (Wildman–Crippen LogP) is 4.12. The molecule has 0 atom stereocenters. The smallest absolute Gasteiger partial charge is 0.272 e. The first-order valence-corrected chi connectivity index (χ1v) is 7.72. The lowest BCUT2D eigenvalue weighted by molar-refractivity contribution is 0.0779. The minimum Gasteiger partial charge on any atom is -0.336 e. The van der Waals surface area contributed by atoms with Gasteiger partial charge in [0.1, 0.15) is 5.69 Å². The number of pyridine rings is 1. The summed E-state index contributed by atoms with van der Waals surface area (Å²) in [6.07, 6.45) is 0. The maximum Gasteiger partial charge on any atom is 0.272 e. The summed E-state index contributed by atoms with van der Waals surface area (Å²) in [5, 5.41) is 1.04. The fraction of sp³-hybridized carbons (Fsp3) is 0.200. The minimum absolute atomic E-state index is 0.0595. The fourth-order valence-electron chi connectivity index (χ4n) is 2.73. The van der Waals surface area contributed by atoms with Crippen LogP contribution in [0.2, 0.25) is 0 Å². The Hall–Kier alpha value is -2.68. The van der Waals surface area contributed by atoms with E-state index in [4.69, 9.17) is 0 Å². The molecular formula is C20H20N2O. The van der Waals surface area contributed by atoms with Crippen molar-refractivity contribution in [3.05, 3.63) is 77.0 Å². The largest absolute Gasteiger partial charge is 0.336 e. The van der Waals surface area contributed by atoms with Crippen LogP contribution in [0.4, 0.5) is 0 Å². The number of hydrogen-bond acceptors (Lipinski definition) is 2. The van der Waals surface area contributed by atoms with Gasteiger partial charge >= 0.3 is 0 Å². The highest BCUT2D eigenvalue weighted by atomic mass is 16.2. The molecule has 0 bridgehead atoms. The molecule has 0 saturated carbocycles. The van der Waals surface area contributed by atoms with Gasteiger partial charge in [0.05, 0.1) is 5.52 Å². The van der Waals surface area contributed by atoms with Crippen molar-refractivity contribution < 1.29 is 4.79 Å². The third-order valence-electron chi connectivity index (χ3n) is 4.07. The van der Waals surface area contributed by atoms with Gasteiger partial charge in [-0.2, -0.15) is 0 Å². The molecule has 116 valence electrons. The van der Waals surface area contributed by atoms with E-state index in [1.165, 1.54) is 11.1 Å². The number of amides is 1. The van der Waals surface area contributed by atoms with E-state index in [0.717, 1.165) is 16.5 Å². The van der Waals surface area contributed by atoms with E-state index in [1.54, 1.807) is 11.0 Å². The summed E-state index contributed by atoms with van der Waals surface area (Å²) in [5.74, 6) is -0.0595. The molecule has 0 aliphatic rings. The Morgan fingerprint density at radius 2 is 1.83 bits per heavy atom. The molecule has 1 aromatic heterocycles. The van der Waals surface area contributed by atoms with Crippen LogP contribution in [-0.4, -0.2) is 22.8 Å². The molecule has 0 unspecified atom stereocenters. The summed E-state index contributed by atoms with van der Waals surface area (Å²) < 4.78 is 0. The molecule has 0 spiro atoms. The summed E-state index contributed by atoms with van der Waals surface area (Å²) in [5.41, 5.74) is 4.93. The maximum absolute atomic E-state index is 12.6. The first kappa shape index (κ1) is 15.2. The molecule has 3 rings (SSSR count). The molecule has 0 saturated heterocycles. The molecule has 0 radical (unpaired) electrons. The predicted molar refractivity (Wildman–Crippen MR) is 93.5 cm³/mol. The molecule has 23 heavy (non-hydrogen) atoms. The zero-order valence-electron chi connectivity index (χ0n) is 13.7. The highest BCUT2D eigenvalue weighted by molar-refractivity contribution is 5.94. The van der Waals surface area contributed by atoms with E-state index in [0.29, 0.717) is 12.2 Å². The van der Waals surface area contributed by atoms with Crippen LogP contribution in [0.5, 0.6) is 0 Å². The van der Waals surface area contributed by atoms with Crippen LogP contribution >= 0.6 is 0 Å². The lowest BCUT2D eigenvalue weighted by atomic mass is 10.1. The summed E-state index contributed by atoms with van der Waals surface area (Å²) in [6, 6.07) is 17.9. The summed E-state index contributed by atoms with van der Waals surface area (Å²) in [6.45, 7) is 4.74. The van der Waals surface area contributed by atoms with Crippen molar-refractivity contribution in [2.75, 3.05) is 7.05 Å². The fourth-order valence-corrected chi connectivity index (χ4v) is 2.73. The number of carbonyl (C=O) groups is 1. The van der Waals surface area contributed by atoms with Gasteiger partial charge in [0, 0.05) is 19.0 Å². The lowest BCUT2D eigenvalue weighted by Gasteiger charge is -2.18. The zero-order chi connectivity index (χ0) is 16.4. The van der Waals surface area contributed by atoms with Gasteiger partial charge in [-0.3, -0.25) is 4.79 Å². The Morgan fingerprint density at radius 1 is 1.04 bits per heavy atom. The molecule has 3 aromatic rings. The Morgan fingerprint density at radius 3 is 2.61 bits per heavy atom. The van der Waals surface area contributed by atoms with Gasteiger partial charge in [-0.1, -0.05) is 48.0 Å². The number of nitrogens with zero attached hydrogens (tertiary/aromatic N) is 2. The van der Waals surface area contributed by atoms with E-state index in [9.17, 15) is 4.79 Å². The monoisotopic (exact) mass is 304 g/mol. The molecule has 3 nitrogen and oxygen atoms in total. The van der Waals surface area contributed by atoms with Crippen molar-refractivity contribution in [2.45, 2.75) is 20.4 Å². The molecular weight excluding hydrogens is 284 g/mol. The van der Waals surface area contributed by atoms with Crippen LogP contribution in [0.25, 0.3) is 10.9 Å². The number of aromatic nitrogens is 1. The number of fused-ring (bicyclic) bond motifs is 1. The highest BCUT2D eigenvalue weighted by Crippen LogP contribution is 2.16. The van der Waals surface area contributed by atoms with Crippen LogP contribution < -0.4 is 0 Å². The first-order chi connectivity index (χ1) is 11.0. The molecule has 0 aliphatic carbocycles. The second-order valence-corrected chi connectivity index (χ2v) is 5.98. The Balaban J connectivity index is 1.83. The highest BCUT2D eigenvalue weighted by Gasteiger charge is 2.14. The van der Waals surface area contributed by atoms with E-state index < -0.39 is 0 Å². The van der Waals surface area contributed by atoms with E-state index in [1.807, 2.05) is 37.4 Å². The molecule has 2 aromatic carbocycles. The second kappa shape index (κ2) is 6.21. The van der Waals surface area contributed by atoms with Crippen LogP contribution in [0, 0.1) is 13.8 Å². The van der Waals surface area contributed by atoms with Gasteiger partial charge in [-0.15, -0.1) is 0 Å². The first-order valence-electron chi connectivity index (χ1n) is 7.72. The van der Waals surface area contributed by atoms with Gasteiger partial charge in [0.2, 0.25) is 0 Å². The molecule has 0 aliphatic heterocycles. The minimum atomic E-state index is -0.0595. The van der Waals surface area contributed by atoms with Crippen molar-refractivity contribution in [2.24, 2.45) is 0 Å². The quantitative estimate of drug-likeness (QED) is 0.729. The summed E-state index contributed by atoms with van der Waals surface area (Å²) in [4.78, 5) is 18.8. The third kappa shape index (κ3) is 3.24. The second-order valence-electron chi connectivity index (χ2n) is 5.98. The Bertz CT molecular complexity index is 870. The van der Waals surface area contributed by atoms with Crippen molar-refractivity contribution in [1.82, 2.24) is 9.88 Å². The molecule has 0 N–H and O–H groups in total. The van der Waals surface area contributed by atoms with Gasteiger partial charge in [-0.25, -0.2) is 4.98 Å². The average Bonchev–Trinajstić information content (AvgIpc) is 2.56. The molecule has 0 fully saturated rings. The normalized spacial score (nSPS) is 10.7. The van der Waals surface area contributed by atoms with E-state index >= 15 is 0 Å². The van der Waals surface area contributed by atoms with Crippen molar-refractivity contribution >= 4 is 16.8 Å². The Kier molecular flexibility index (Phi) is 4.11. The number of carbonyl (C=O) groups excluding carboxylic acids is 1. The average molecular weight is 304 g/mol. The SMILES string of the molecule is Cc1ccc(CN(C)C(=O)c2ccc3ccccc3n2)c(C)c1.